The van der Waals surface area contributed by atoms with Gasteiger partial charge in [-0.2, -0.15) is 0 Å². The van der Waals surface area contributed by atoms with Gasteiger partial charge in [-0.25, -0.2) is 9.59 Å². The van der Waals surface area contributed by atoms with Crippen LogP contribution in [0.25, 0.3) is 11.1 Å². The number of aromatic nitrogens is 1. The summed E-state index contributed by atoms with van der Waals surface area (Å²) >= 11 is 5.82. The molecular formula is C12H8ClNO4. The van der Waals surface area contributed by atoms with E-state index >= 15 is 0 Å². The maximum absolute atomic E-state index is 11.1. The highest BCUT2D eigenvalue weighted by Crippen LogP contribution is 2.29. The minimum absolute atomic E-state index is 0.102. The molecule has 0 spiro atoms. The van der Waals surface area contributed by atoms with Crippen molar-refractivity contribution in [1.29, 1.82) is 0 Å². The molecule has 0 aliphatic rings. The molecule has 0 amide bonds. The molecule has 0 bridgehead atoms. The second-order valence-electron chi connectivity index (χ2n) is 3.57. The minimum atomic E-state index is -1.22. The number of carbonyl (C=O) groups is 2. The monoisotopic (exact) mass is 265 g/mol. The standard InChI is InChI=1S/C12H8ClNO4/c13-7-3-1-2-6(4-7)9-8(11(15)16)5-14-10(9)12(17)18/h1-5,14H,(H,15,16)(H,17,18). The van der Waals surface area contributed by atoms with Gasteiger partial charge >= 0.3 is 11.9 Å². The van der Waals surface area contributed by atoms with Gasteiger partial charge in [-0.05, 0) is 17.7 Å². The van der Waals surface area contributed by atoms with E-state index in [9.17, 15) is 9.59 Å². The second kappa shape index (κ2) is 4.54. The number of nitrogens with one attached hydrogen (secondary N) is 1. The summed E-state index contributed by atoms with van der Waals surface area (Å²) in [6.45, 7) is 0. The number of H-pyrrole nitrogens is 1. The Balaban J connectivity index is 2.71. The Morgan fingerprint density at radius 2 is 1.89 bits per heavy atom. The topological polar surface area (TPSA) is 90.4 Å². The van der Waals surface area contributed by atoms with E-state index in [4.69, 9.17) is 21.8 Å². The highest BCUT2D eigenvalue weighted by molar-refractivity contribution is 6.31. The van der Waals surface area contributed by atoms with Gasteiger partial charge in [-0.15, -0.1) is 0 Å². The maximum atomic E-state index is 11.1. The Morgan fingerprint density at radius 1 is 1.17 bits per heavy atom. The van der Waals surface area contributed by atoms with Gasteiger partial charge in [0.05, 0.1) is 5.56 Å². The third kappa shape index (κ3) is 2.08. The summed E-state index contributed by atoms with van der Waals surface area (Å²) < 4.78 is 0. The number of hydrogen-bond acceptors (Lipinski definition) is 2. The molecule has 3 N–H and O–H groups in total. The molecule has 0 aliphatic heterocycles. The maximum Gasteiger partial charge on any atom is 0.352 e. The largest absolute Gasteiger partial charge is 0.478 e. The summed E-state index contributed by atoms with van der Waals surface area (Å²) in [5.41, 5.74) is 0.292. The Kier molecular flexibility index (Phi) is 3.08. The molecule has 0 atom stereocenters. The Morgan fingerprint density at radius 3 is 2.44 bits per heavy atom. The molecule has 1 heterocycles. The van der Waals surface area contributed by atoms with Crippen molar-refractivity contribution in [1.82, 2.24) is 4.98 Å². The number of rotatable bonds is 3. The summed E-state index contributed by atoms with van der Waals surface area (Å²) in [5, 5.41) is 18.5. The van der Waals surface area contributed by atoms with Crippen molar-refractivity contribution < 1.29 is 19.8 Å². The number of aromatic amines is 1. The van der Waals surface area contributed by atoms with Crippen LogP contribution in [0.1, 0.15) is 20.8 Å². The van der Waals surface area contributed by atoms with E-state index in [-0.39, 0.29) is 16.8 Å². The zero-order chi connectivity index (χ0) is 13.3. The van der Waals surface area contributed by atoms with Gasteiger partial charge in [0, 0.05) is 16.8 Å². The predicted molar refractivity (Wildman–Crippen MR) is 65.2 cm³/mol. The number of hydrogen-bond donors (Lipinski definition) is 3. The van der Waals surface area contributed by atoms with Crippen molar-refractivity contribution in [2.24, 2.45) is 0 Å². The molecule has 18 heavy (non-hydrogen) atoms. The van der Waals surface area contributed by atoms with E-state index in [2.05, 4.69) is 4.98 Å². The van der Waals surface area contributed by atoms with Crippen molar-refractivity contribution in [3.63, 3.8) is 0 Å². The SMILES string of the molecule is O=C(O)c1c[nH]c(C(=O)O)c1-c1cccc(Cl)c1. The zero-order valence-electron chi connectivity index (χ0n) is 8.98. The molecule has 1 aromatic heterocycles. The van der Waals surface area contributed by atoms with Crippen LogP contribution in [0.3, 0.4) is 0 Å². The molecule has 2 rings (SSSR count). The lowest BCUT2D eigenvalue weighted by Crippen LogP contribution is -2.02. The third-order valence-electron chi connectivity index (χ3n) is 2.44. The van der Waals surface area contributed by atoms with Gasteiger partial charge in [-0.1, -0.05) is 23.7 Å². The minimum Gasteiger partial charge on any atom is -0.478 e. The first kappa shape index (κ1) is 12.2. The van der Waals surface area contributed by atoms with Gasteiger partial charge in [0.15, 0.2) is 0 Å². The second-order valence-corrected chi connectivity index (χ2v) is 4.01. The molecular weight excluding hydrogens is 258 g/mol. The molecule has 0 fully saturated rings. The van der Waals surface area contributed by atoms with Crippen molar-refractivity contribution >= 4 is 23.5 Å². The molecule has 0 aliphatic carbocycles. The molecule has 6 heteroatoms. The number of benzene rings is 1. The quantitative estimate of drug-likeness (QED) is 0.796. The first-order chi connectivity index (χ1) is 8.50. The Bertz CT molecular complexity index is 601. The van der Waals surface area contributed by atoms with Crippen molar-refractivity contribution in [2.75, 3.05) is 0 Å². The van der Waals surface area contributed by atoms with Crippen LogP contribution < -0.4 is 0 Å². The molecule has 2 aromatic rings. The molecule has 0 saturated heterocycles. The highest BCUT2D eigenvalue weighted by atomic mass is 35.5. The zero-order valence-corrected chi connectivity index (χ0v) is 9.73. The number of halogens is 1. The molecule has 0 radical (unpaired) electrons. The third-order valence-corrected chi connectivity index (χ3v) is 2.67. The average Bonchev–Trinajstić information content (AvgIpc) is 2.73. The Labute approximate surface area is 107 Å². The smallest absolute Gasteiger partial charge is 0.352 e. The van der Waals surface area contributed by atoms with Gasteiger partial charge in [0.1, 0.15) is 5.69 Å². The van der Waals surface area contributed by atoms with E-state index in [0.717, 1.165) is 6.20 Å². The van der Waals surface area contributed by atoms with Crippen LogP contribution in [0.15, 0.2) is 30.5 Å². The lowest BCUT2D eigenvalue weighted by Gasteiger charge is -2.03. The van der Waals surface area contributed by atoms with E-state index < -0.39 is 11.9 Å². The normalized spacial score (nSPS) is 10.3. The van der Waals surface area contributed by atoms with Crippen molar-refractivity contribution in [2.45, 2.75) is 0 Å². The fourth-order valence-electron chi connectivity index (χ4n) is 1.70. The first-order valence-corrected chi connectivity index (χ1v) is 5.32. The summed E-state index contributed by atoms with van der Waals surface area (Å²) in [4.78, 5) is 24.6. The fraction of sp³-hybridized carbons (Fsp3) is 0. The lowest BCUT2D eigenvalue weighted by atomic mass is 10.0. The number of carboxylic acid groups (broad SMARTS) is 2. The first-order valence-electron chi connectivity index (χ1n) is 4.94. The van der Waals surface area contributed by atoms with E-state index in [0.29, 0.717) is 10.6 Å². The summed E-state index contributed by atoms with van der Waals surface area (Å²) in [7, 11) is 0. The molecule has 1 aromatic carbocycles. The summed E-state index contributed by atoms with van der Waals surface area (Å²) in [6, 6.07) is 6.37. The van der Waals surface area contributed by atoms with Crippen LogP contribution in [0.4, 0.5) is 0 Å². The van der Waals surface area contributed by atoms with E-state index in [1.807, 2.05) is 0 Å². The number of carboxylic acids is 2. The van der Waals surface area contributed by atoms with E-state index in [1.54, 1.807) is 18.2 Å². The van der Waals surface area contributed by atoms with Crippen molar-refractivity contribution in [3.05, 3.63) is 46.7 Å². The highest BCUT2D eigenvalue weighted by Gasteiger charge is 2.22. The van der Waals surface area contributed by atoms with Crippen LogP contribution in [0.5, 0.6) is 0 Å². The van der Waals surface area contributed by atoms with Gasteiger partial charge < -0.3 is 15.2 Å². The summed E-state index contributed by atoms with van der Waals surface area (Å²) in [6.07, 6.45) is 1.15. The van der Waals surface area contributed by atoms with Crippen LogP contribution in [-0.2, 0) is 0 Å². The average molecular weight is 266 g/mol. The predicted octanol–water partition coefficient (Wildman–Crippen LogP) is 2.73. The fourth-order valence-corrected chi connectivity index (χ4v) is 1.89. The lowest BCUT2D eigenvalue weighted by molar-refractivity contribution is 0.0688. The molecule has 92 valence electrons. The number of aromatic carboxylic acids is 2. The van der Waals surface area contributed by atoms with Crippen LogP contribution >= 0.6 is 11.6 Å². The summed E-state index contributed by atoms with van der Waals surface area (Å²) in [5.74, 6) is -2.42. The van der Waals surface area contributed by atoms with Gasteiger partial charge in [-0.3, -0.25) is 0 Å². The van der Waals surface area contributed by atoms with Gasteiger partial charge in [0.2, 0.25) is 0 Å². The molecule has 5 nitrogen and oxygen atoms in total. The van der Waals surface area contributed by atoms with Crippen LogP contribution in [0, 0.1) is 0 Å². The van der Waals surface area contributed by atoms with E-state index in [1.165, 1.54) is 6.07 Å². The van der Waals surface area contributed by atoms with Crippen molar-refractivity contribution in [3.8, 4) is 11.1 Å². The van der Waals surface area contributed by atoms with Crippen LogP contribution in [0.2, 0.25) is 5.02 Å². The Hall–Kier alpha value is -2.27. The molecule has 0 saturated carbocycles. The molecule has 0 unspecified atom stereocenters. The van der Waals surface area contributed by atoms with Crippen LogP contribution in [-0.4, -0.2) is 27.1 Å². The van der Waals surface area contributed by atoms with Gasteiger partial charge in [0.25, 0.3) is 0 Å².